The Balaban J connectivity index is 3.05. The van der Waals surface area contributed by atoms with E-state index in [2.05, 4.69) is 0 Å². The maximum absolute atomic E-state index is 13.7. The van der Waals surface area contributed by atoms with Crippen molar-refractivity contribution in [1.29, 1.82) is 5.26 Å². The topological polar surface area (TPSA) is 53.3 Å². The van der Waals surface area contributed by atoms with Gasteiger partial charge in [-0.1, -0.05) is 6.07 Å². The summed E-state index contributed by atoms with van der Waals surface area (Å²) in [4.78, 5) is 13.6. The first kappa shape index (κ1) is 14.0. The maximum Gasteiger partial charge on any atom is 0.260 e. The molecule has 0 saturated heterocycles. The highest BCUT2D eigenvalue weighted by atomic mass is 19.1. The molecular formula is C13H15FN2O2. The quantitative estimate of drug-likeness (QED) is 0.805. The molecule has 0 spiro atoms. The predicted molar refractivity (Wildman–Crippen MR) is 64.8 cm³/mol. The van der Waals surface area contributed by atoms with Crippen LogP contribution in [0.1, 0.15) is 23.7 Å². The summed E-state index contributed by atoms with van der Waals surface area (Å²) in [5.41, 5.74) is -0.0835. The lowest BCUT2D eigenvalue weighted by Gasteiger charge is -2.21. The molecule has 0 bridgehead atoms. The average Bonchev–Trinajstić information content (AvgIpc) is 2.38. The van der Waals surface area contributed by atoms with Gasteiger partial charge in [-0.05, 0) is 19.1 Å². The van der Waals surface area contributed by atoms with Crippen molar-refractivity contribution in [2.45, 2.75) is 13.3 Å². The molecule has 0 aromatic heterocycles. The molecule has 0 aliphatic heterocycles. The molecule has 0 aliphatic rings. The maximum atomic E-state index is 13.7. The Hall–Kier alpha value is -2.09. The second-order valence-electron chi connectivity index (χ2n) is 3.61. The highest BCUT2D eigenvalue weighted by molar-refractivity contribution is 5.97. The number of benzene rings is 1. The zero-order valence-electron chi connectivity index (χ0n) is 10.4. The summed E-state index contributed by atoms with van der Waals surface area (Å²) in [5.74, 6) is -0.868. The molecule has 0 atom stereocenters. The molecule has 96 valence electrons. The summed E-state index contributed by atoms with van der Waals surface area (Å²) < 4.78 is 18.7. The molecule has 1 aromatic rings. The third-order valence-corrected chi connectivity index (χ3v) is 2.57. The number of carbonyl (C=O) groups excluding carboxylic acids is 1. The van der Waals surface area contributed by atoms with E-state index < -0.39 is 11.7 Å². The van der Waals surface area contributed by atoms with Crippen LogP contribution in [0.15, 0.2) is 18.2 Å². The van der Waals surface area contributed by atoms with E-state index in [0.717, 1.165) is 0 Å². The van der Waals surface area contributed by atoms with Crippen LogP contribution in [0.25, 0.3) is 0 Å². The van der Waals surface area contributed by atoms with Crippen LogP contribution in [-0.4, -0.2) is 31.0 Å². The first-order valence-electron chi connectivity index (χ1n) is 5.64. The zero-order valence-corrected chi connectivity index (χ0v) is 10.4. The van der Waals surface area contributed by atoms with E-state index in [1.54, 1.807) is 6.92 Å². The number of ether oxygens (including phenoxy) is 1. The molecule has 4 nitrogen and oxygen atoms in total. The molecule has 0 heterocycles. The van der Waals surface area contributed by atoms with Crippen molar-refractivity contribution in [3.63, 3.8) is 0 Å². The summed E-state index contributed by atoms with van der Waals surface area (Å²) in [6.07, 6.45) is 0.219. The Morgan fingerprint density at radius 3 is 2.83 bits per heavy atom. The number of rotatable bonds is 5. The van der Waals surface area contributed by atoms with Crippen molar-refractivity contribution in [1.82, 2.24) is 4.90 Å². The van der Waals surface area contributed by atoms with E-state index in [0.29, 0.717) is 6.54 Å². The Morgan fingerprint density at radius 1 is 1.56 bits per heavy atom. The molecule has 18 heavy (non-hydrogen) atoms. The Bertz CT molecular complexity index is 469. The van der Waals surface area contributed by atoms with Gasteiger partial charge < -0.3 is 9.64 Å². The largest absolute Gasteiger partial charge is 0.496 e. The number of nitriles is 1. The number of hydrogen-bond donors (Lipinski definition) is 0. The number of hydrogen-bond acceptors (Lipinski definition) is 3. The fraction of sp³-hybridized carbons (Fsp3) is 0.385. The van der Waals surface area contributed by atoms with Gasteiger partial charge in [-0.3, -0.25) is 4.79 Å². The minimum absolute atomic E-state index is 0.0835. The van der Waals surface area contributed by atoms with Gasteiger partial charge in [-0.15, -0.1) is 0 Å². The monoisotopic (exact) mass is 250 g/mol. The third-order valence-electron chi connectivity index (χ3n) is 2.57. The van der Waals surface area contributed by atoms with Crippen molar-refractivity contribution in [3.05, 3.63) is 29.6 Å². The molecule has 0 saturated carbocycles. The van der Waals surface area contributed by atoms with Gasteiger partial charge in [0.1, 0.15) is 17.1 Å². The standard InChI is InChI=1S/C13H15FN2O2/c1-3-16(9-5-8-15)13(17)12-10(14)6-4-7-11(12)18-2/h4,6-7H,3,5,9H2,1-2H3. The summed E-state index contributed by atoms with van der Waals surface area (Å²) in [5, 5.41) is 8.53. The van der Waals surface area contributed by atoms with Gasteiger partial charge in [0.2, 0.25) is 0 Å². The summed E-state index contributed by atoms with van der Waals surface area (Å²) >= 11 is 0. The lowest BCUT2D eigenvalue weighted by atomic mass is 10.1. The van der Waals surface area contributed by atoms with E-state index in [1.165, 1.54) is 30.2 Å². The molecule has 1 amide bonds. The number of amides is 1. The Kier molecular flexibility index (Phi) is 5.12. The van der Waals surface area contributed by atoms with Crippen molar-refractivity contribution >= 4 is 5.91 Å². The first-order valence-corrected chi connectivity index (χ1v) is 5.64. The lowest BCUT2D eigenvalue weighted by molar-refractivity contribution is 0.0759. The summed E-state index contributed by atoms with van der Waals surface area (Å²) in [6.45, 7) is 2.48. The highest BCUT2D eigenvalue weighted by Crippen LogP contribution is 2.22. The summed E-state index contributed by atoms with van der Waals surface area (Å²) in [6, 6.07) is 6.20. The Morgan fingerprint density at radius 2 is 2.28 bits per heavy atom. The van der Waals surface area contributed by atoms with Gasteiger partial charge in [0.15, 0.2) is 0 Å². The molecule has 0 fully saturated rings. The number of halogens is 1. The van der Waals surface area contributed by atoms with Gasteiger partial charge in [0.25, 0.3) is 5.91 Å². The smallest absolute Gasteiger partial charge is 0.260 e. The van der Waals surface area contributed by atoms with E-state index >= 15 is 0 Å². The van der Waals surface area contributed by atoms with E-state index in [-0.39, 0.29) is 24.3 Å². The SMILES string of the molecule is CCN(CCC#N)C(=O)c1c(F)cccc1OC. The second-order valence-corrected chi connectivity index (χ2v) is 3.61. The molecule has 0 unspecified atom stereocenters. The fourth-order valence-electron chi connectivity index (χ4n) is 1.63. The van der Waals surface area contributed by atoms with Gasteiger partial charge in [-0.2, -0.15) is 5.26 Å². The van der Waals surface area contributed by atoms with Crippen LogP contribution >= 0.6 is 0 Å². The van der Waals surface area contributed by atoms with Gasteiger partial charge in [-0.25, -0.2) is 4.39 Å². The second kappa shape index (κ2) is 6.60. The molecule has 0 aliphatic carbocycles. The minimum Gasteiger partial charge on any atom is -0.496 e. The van der Waals surface area contributed by atoms with E-state index in [9.17, 15) is 9.18 Å². The third kappa shape index (κ3) is 2.98. The van der Waals surface area contributed by atoms with Crippen molar-refractivity contribution < 1.29 is 13.9 Å². The molecule has 0 N–H and O–H groups in total. The summed E-state index contributed by atoms with van der Waals surface area (Å²) in [7, 11) is 1.39. The lowest BCUT2D eigenvalue weighted by Crippen LogP contribution is -2.32. The first-order chi connectivity index (χ1) is 8.65. The normalized spacial score (nSPS) is 9.67. The average molecular weight is 250 g/mol. The van der Waals surface area contributed by atoms with Crippen LogP contribution in [0.5, 0.6) is 5.75 Å². The molecule has 5 heteroatoms. The van der Waals surface area contributed by atoms with Crippen LogP contribution in [0.3, 0.4) is 0 Å². The van der Waals surface area contributed by atoms with Crippen LogP contribution in [0, 0.1) is 17.1 Å². The van der Waals surface area contributed by atoms with Gasteiger partial charge in [0.05, 0.1) is 19.6 Å². The van der Waals surface area contributed by atoms with Crippen LogP contribution in [0.4, 0.5) is 4.39 Å². The van der Waals surface area contributed by atoms with Crippen molar-refractivity contribution in [3.8, 4) is 11.8 Å². The van der Waals surface area contributed by atoms with Crippen LogP contribution in [0.2, 0.25) is 0 Å². The number of methoxy groups -OCH3 is 1. The van der Waals surface area contributed by atoms with Crippen LogP contribution in [-0.2, 0) is 0 Å². The van der Waals surface area contributed by atoms with Crippen molar-refractivity contribution in [2.75, 3.05) is 20.2 Å². The van der Waals surface area contributed by atoms with E-state index in [4.69, 9.17) is 10.00 Å². The van der Waals surface area contributed by atoms with E-state index in [1.807, 2.05) is 6.07 Å². The number of nitrogens with zero attached hydrogens (tertiary/aromatic N) is 2. The fourth-order valence-corrected chi connectivity index (χ4v) is 1.63. The number of carbonyl (C=O) groups is 1. The van der Waals surface area contributed by atoms with Gasteiger partial charge in [0, 0.05) is 13.1 Å². The molecular weight excluding hydrogens is 235 g/mol. The molecule has 1 aromatic carbocycles. The molecule has 0 radical (unpaired) electrons. The van der Waals surface area contributed by atoms with Crippen molar-refractivity contribution in [2.24, 2.45) is 0 Å². The molecule has 1 rings (SSSR count). The predicted octanol–water partition coefficient (Wildman–Crippen LogP) is 2.21. The highest BCUT2D eigenvalue weighted by Gasteiger charge is 2.22. The Labute approximate surface area is 106 Å². The minimum atomic E-state index is -0.616. The van der Waals surface area contributed by atoms with Crippen LogP contribution < -0.4 is 4.74 Å². The van der Waals surface area contributed by atoms with Gasteiger partial charge >= 0.3 is 0 Å². The zero-order chi connectivity index (χ0) is 13.5.